The van der Waals surface area contributed by atoms with Crippen LogP contribution < -0.4 is 0 Å². The quantitative estimate of drug-likeness (QED) is 0.379. The molecule has 0 fully saturated rings. The van der Waals surface area contributed by atoms with Crippen LogP contribution in [-0.2, 0) is 0 Å². The van der Waals surface area contributed by atoms with E-state index in [9.17, 15) is 0 Å². The summed E-state index contributed by atoms with van der Waals surface area (Å²) in [6, 6.07) is 0. The molecule has 6 heavy (non-hydrogen) atoms. The zero-order valence-electron chi connectivity index (χ0n) is 3.85. The van der Waals surface area contributed by atoms with Gasteiger partial charge >= 0.3 is 49.9 Å². The van der Waals surface area contributed by atoms with Crippen LogP contribution >= 0.6 is 0 Å². The fourth-order valence-corrected chi connectivity index (χ4v) is 0.524. The third kappa shape index (κ3) is 4.60. The zero-order chi connectivity index (χ0) is 4.83. The molecule has 32 valence electrons. The summed E-state index contributed by atoms with van der Waals surface area (Å²) in [6.45, 7) is 0.328. The number of unbranched alkanes of at least 4 members (excludes halogenated alkanes) is 1. The predicted molar refractivity (Wildman–Crippen MR) is 28.1 cm³/mol. The van der Waals surface area contributed by atoms with Gasteiger partial charge in [0, 0.05) is 0 Å². The van der Waals surface area contributed by atoms with Gasteiger partial charge in [-0.15, -0.1) is 0 Å². The summed E-state index contributed by atoms with van der Waals surface area (Å²) in [5, 5.41) is 8.18. The summed E-state index contributed by atoms with van der Waals surface area (Å²) in [5.41, 5.74) is 0. The van der Waals surface area contributed by atoms with E-state index in [4.69, 9.17) is 5.11 Å². The van der Waals surface area contributed by atoms with Crippen molar-refractivity contribution in [3.63, 3.8) is 0 Å². The molecule has 0 aliphatic carbocycles. The molecule has 0 radical (unpaired) electrons. The van der Waals surface area contributed by atoms with Crippen molar-refractivity contribution in [3.05, 3.63) is 0 Å². The van der Waals surface area contributed by atoms with E-state index in [1.165, 1.54) is 0 Å². The average molecular weight is 96.4 g/mol. The fraction of sp³-hybridized carbons (Fsp3) is 0.750. The summed E-state index contributed by atoms with van der Waals surface area (Å²) >= 11 is 1.83. The van der Waals surface area contributed by atoms with Gasteiger partial charge in [-0.05, 0) is 0 Å². The van der Waals surface area contributed by atoms with Gasteiger partial charge < -0.3 is 0 Å². The van der Waals surface area contributed by atoms with Gasteiger partial charge in [0.1, 0.15) is 0 Å². The van der Waals surface area contributed by atoms with Gasteiger partial charge in [0.25, 0.3) is 0 Å². The Kier molecular flexibility index (Phi) is 6.15. The second kappa shape index (κ2) is 5.60. The van der Waals surface area contributed by atoms with Crippen LogP contribution in [0.5, 0.6) is 0 Å². The molecule has 0 unspecified atom stereocenters. The van der Waals surface area contributed by atoms with Crippen LogP contribution in [-0.4, -0.2) is 37.1 Å². The molecule has 0 saturated heterocycles. The summed E-state index contributed by atoms with van der Waals surface area (Å²) in [6.07, 6.45) is 1.97. The van der Waals surface area contributed by atoms with Crippen molar-refractivity contribution in [2.75, 3.05) is 6.61 Å². The van der Waals surface area contributed by atoms with E-state index in [-0.39, 0.29) is 0 Å². The molecular formula is C4H8MgO. The van der Waals surface area contributed by atoms with E-state index in [0.29, 0.717) is 6.61 Å². The normalized spacial score (nSPS) is 8.50. The Morgan fingerprint density at radius 2 is 2.33 bits per heavy atom. The van der Waals surface area contributed by atoms with Crippen molar-refractivity contribution in [2.45, 2.75) is 12.8 Å². The molecule has 0 amide bonds. The first-order valence-corrected chi connectivity index (χ1v) is 2.95. The molecule has 0 aliphatic heterocycles. The third-order valence-electron chi connectivity index (χ3n) is 0.566. The van der Waals surface area contributed by atoms with Gasteiger partial charge in [0.15, 0.2) is 0 Å². The summed E-state index contributed by atoms with van der Waals surface area (Å²) in [7, 11) is 0. The van der Waals surface area contributed by atoms with Crippen LogP contribution in [0.15, 0.2) is 0 Å². The Hall–Kier alpha value is 0.596. The first-order chi connectivity index (χ1) is 2.91. The van der Waals surface area contributed by atoms with Crippen LogP contribution in [0.3, 0.4) is 0 Å². The molecule has 0 aromatic heterocycles. The van der Waals surface area contributed by atoms with Crippen LogP contribution in [0.1, 0.15) is 12.8 Å². The number of aliphatic hydroxyl groups excluding tert-OH is 1. The number of aliphatic hydroxyl groups is 1. The summed E-state index contributed by atoms with van der Waals surface area (Å²) in [5.74, 6) is 0. The Labute approximate surface area is 50.3 Å². The Bertz CT molecular complexity index is 36.5. The van der Waals surface area contributed by atoms with Crippen LogP contribution in [0.4, 0.5) is 0 Å². The van der Waals surface area contributed by atoms with E-state index in [1.54, 1.807) is 0 Å². The molecule has 0 rings (SSSR count). The SMILES string of the molecule is OCCC[CH]=[Mg]. The second-order valence-corrected chi connectivity index (χ2v) is 1.73. The molecular weight excluding hydrogens is 88.3 g/mol. The Balaban J connectivity index is 2.49. The first kappa shape index (κ1) is 6.60. The maximum atomic E-state index is 8.18. The monoisotopic (exact) mass is 96.0 g/mol. The summed E-state index contributed by atoms with van der Waals surface area (Å²) < 4.78 is 2.08. The molecule has 0 aliphatic rings. The number of rotatable bonds is 3. The Morgan fingerprint density at radius 1 is 1.67 bits per heavy atom. The minimum atomic E-state index is 0.328. The molecule has 0 spiro atoms. The van der Waals surface area contributed by atoms with Crippen LogP contribution in [0.25, 0.3) is 0 Å². The second-order valence-electron chi connectivity index (χ2n) is 1.15. The molecule has 1 N–H and O–H groups in total. The van der Waals surface area contributed by atoms with Crippen molar-refractivity contribution in [2.24, 2.45) is 0 Å². The van der Waals surface area contributed by atoms with Crippen molar-refractivity contribution >= 4 is 25.4 Å². The molecule has 2 heteroatoms. The molecule has 0 atom stereocenters. The zero-order valence-corrected chi connectivity index (χ0v) is 5.27. The fourth-order valence-electron chi connectivity index (χ4n) is 0.236. The van der Waals surface area contributed by atoms with Gasteiger partial charge in [-0.25, -0.2) is 0 Å². The van der Waals surface area contributed by atoms with E-state index in [0.717, 1.165) is 12.8 Å². The van der Waals surface area contributed by atoms with E-state index in [1.807, 2.05) is 21.2 Å². The predicted octanol–water partition coefficient (Wildman–Crippen LogP) is -0.270. The van der Waals surface area contributed by atoms with Gasteiger partial charge in [0.2, 0.25) is 0 Å². The molecule has 0 bridgehead atoms. The molecule has 1 nitrogen and oxygen atoms in total. The number of hydrogen-bond acceptors (Lipinski definition) is 1. The summed E-state index contributed by atoms with van der Waals surface area (Å²) in [4.78, 5) is 0. The van der Waals surface area contributed by atoms with Crippen molar-refractivity contribution in [1.29, 1.82) is 0 Å². The van der Waals surface area contributed by atoms with Gasteiger partial charge in [-0.3, -0.25) is 0 Å². The van der Waals surface area contributed by atoms with Crippen molar-refractivity contribution in [3.8, 4) is 0 Å². The average Bonchev–Trinajstić information content (AvgIpc) is 1.61. The van der Waals surface area contributed by atoms with Gasteiger partial charge in [-0.2, -0.15) is 0 Å². The van der Waals surface area contributed by atoms with E-state index >= 15 is 0 Å². The van der Waals surface area contributed by atoms with E-state index < -0.39 is 0 Å². The van der Waals surface area contributed by atoms with Crippen LogP contribution in [0.2, 0.25) is 0 Å². The van der Waals surface area contributed by atoms with Gasteiger partial charge in [-0.1, -0.05) is 0 Å². The van der Waals surface area contributed by atoms with Crippen LogP contribution in [0, 0.1) is 0 Å². The van der Waals surface area contributed by atoms with Crippen molar-refractivity contribution < 1.29 is 5.11 Å². The molecule has 0 heterocycles. The third-order valence-corrected chi connectivity index (χ3v) is 0.975. The first-order valence-electron chi connectivity index (χ1n) is 2.13. The molecule has 0 aromatic rings. The topological polar surface area (TPSA) is 20.2 Å². The molecule has 0 aromatic carbocycles. The Morgan fingerprint density at radius 3 is 2.50 bits per heavy atom. The van der Waals surface area contributed by atoms with E-state index in [2.05, 4.69) is 4.14 Å². The van der Waals surface area contributed by atoms with Crippen molar-refractivity contribution in [1.82, 2.24) is 0 Å². The molecule has 0 saturated carbocycles. The number of hydrogen-bond donors (Lipinski definition) is 1. The standard InChI is InChI=1S/C4H8O.Mg/c1-2-3-4-5;/h1,5H,2-4H2;. The minimum absolute atomic E-state index is 0.328. The van der Waals surface area contributed by atoms with Gasteiger partial charge in [0.05, 0.1) is 0 Å². The maximum absolute atomic E-state index is 8.18.